The second-order valence-electron chi connectivity index (χ2n) is 2.33. The normalized spacial score (nSPS) is 11.9. The van der Waals surface area contributed by atoms with Gasteiger partial charge in [0.15, 0.2) is 6.17 Å². The zero-order valence-corrected chi connectivity index (χ0v) is 7.71. The molecule has 0 bridgehead atoms. The molecule has 0 aliphatic rings. The highest BCUT2D eigenvalue weighted by atomic mass is 19.1. The molecule has 0 spiro atoms. The van der Waals surface area contributed by atoms with Gasteiger partial charge in [-0.3, -0.25) is 4.79 Å². The third-order valence-corrected chi connectivity index (χ3v) is 1.37. The maximum Gasteiger partial charge on any atom is 0.340 e. The summed E-state index contributed by atoms with van der Waals surface area (Å²) in [6, 6.07) is 0. The Labute approximate surface area is 76.0 Å². The molecule has 1 unspecified atom stereocenters. The van der Waals surface area contributed by atoms with Gasteiger partial charge in [-0.05, 0) is 13.3 Å². The maximum atomic E-state index is 12.8. The number of esters is 2. The largest absolute Gasteiger partial charge is 0.469 e. The molecule has 0 aromatic rings. The third kappa shape index (κ3) is 5.16. The topological polar surface area (TPSA) is 52.6 Å². The number of hydrogen-bond acceptors (Lipinski definition) is 4. The predicted octanol–water partition coefficient (Wildman–Crippen LogP) is 0.841. The Bertz CT molecular complexity index is 181. The maximum absolute atomic E-state index is 12.8. The highest BCUT2D eigenvalue weighted by Crippen LogP contribution is 2.05. The van der Waals surface area contributed by atoms with E-state index < -0.39 is 18.1 Å². The van der Waals surface area contributed by atoms with Crippen LogP contribution in [0.3, 0.4) is 0 Å². The molecular weight excluding hydrogens is 179 g/mol. The highest BCUT2D eigenvalue weighted by molar-refractivity contribution is 5.76. The van der Waals surface area contributed by atoms with Gasteiger partial charge in [-0.15, -0.1) is 0 Å². The summed E-state index contributed by atoms with van der Waals surface area (Å²) in [7, 11) is 1.21. The van der Waals surface area contributed by atoms with Gasteiger partial charge in [-0.25, -0.2) is 9.18 Å². The lowest BCUT2D eigenvalue weighted by Gasteiger charge is -2.05. The van der Waals surface area contributed by atoms with Crippen LogP contribution in [0.15, 0.2) is 0 Å². The smallest absolute Gasteiger partial charge is 0.340 e. The molecule has 0 rings (SSSR count). The Hall–Kier alpha value is -1.13. The number of carbonyl (C=O) groups is 2. The van der Waals surface area contributed by atoms with E-state index in [1.165, 1.54) is 7.11 Å². The first kappa shape index (κ1) is 11.9. The molecule has 0 saturated heterocycles. The lowest BCUT2D eigenvalue weighted by atomic mass is 10.2. The molecule has 5 heteroatoms. The highest BCUT2D eigenvalue weighted by Gasteiger charge is 2.19. The summed E-state index contributed by atoms with van der Waals surface area (Å²) in [5, 5.41) is 0. The molecule has 0 saturated carbocycles. The number of halogens is 1. The minimum atomic E-state index is -1.74. The minimum absolute atomic E-state index is 0.115. The van der Waals surface area contributed by atoms with Gasteiger partial charge in [0.2, 0.25) is 0 Å². The van der Waals surface area contributed by atoms with Crippen LogP contribution < -0.4 is 0 Å². The summed E-state index contributed by atoms with van der Waals surface area (Å²) < 4.78 is 21.5. The van der Waals surface area contributed by atoms with Gasteiger partial charge in [0.05, 0.1) is 13.7 Å². The molecule has 0 fully saturated rings. The summed E-state index contributed by atoms with van der Waals surface area (Å²) >= 11 is 0. The minimum Gasteiger partial charge on any atom is -0.469 e. The Kier molecular flexibility index (Phi) is 5.84. The fourth-order valence-corrected chi connectivity index (χ4v) is 0.697. The molecule has 0 aliphatic heterocycles. The molecule has 13 heavy (non-hydrogen) atoms. The first-order valence-electron chi connectivity index (χ1n) is 3.99. The van der Waals surface area contributed by atoms with Gasteiger partial charge in [0.1, 0.15) is 0 Å². The van der Waals surface area contributed by atoms with Crippen molar-refractivity contribution in [3.05, 3.63) is 0 Å². The van der Waals surface area contributed by atoms with Crippen molar-refractivity contribution in [2.24, 2.45) is 0 Å². The molecule has 0 radical (unpaired) electrons. The van der Waals surface area contributed by atoms with Crippen LogP contribution in [0.1, 0.15) is 19.8 Å². The van der Waals surface area contributed by atoms with E-state index in [1.54, 1.807) is 6.92 Å². The van der Waals surface area contributed by atoms with Crippen LogP contribution in [0.5, 0.6) is 0 Å². The van der Waals surface area contributed by atoms with Gasteiger partial charge < -0.3 is 9.47 Å². The van der Waals surface area contributed by atoms with Crippen LogP contribution in [0.2, 0.25) is 0 Å². The van der Waals surface area contributed by atoms with Crippen LogP contribution in [0.25, 0.3) is 0 Å². The SMILES string of the molecule is CCOC(=O)C(F)CCC(=O)OC. The average molecular weight is 192 g/mol. The van der Waals surface area contributed by atoms with Crippen molar-refractivity contribution in [3.63, 3.8) is 0 Å². The molecule has 4 nitrogen and oxygen atoms in total. The van der Waals surface area contributed by atoms with E-state index in [0.29, 0.717) is 0 Å². The fraction of sp³-hybridized carbons (Fsp3) is 0.750. The Morgan fingerprint density at radius 2 is 2.08 bits per heavy atom. The number of methoxy groups -OCH3 is 1. The van der Waals surface area contributed by atoms with Crippen molar-refractivity contribution in [2.45, 2.75) is 25.9 Å². The lowest BCUT2D eigenvalue weighted by molar-refractivity contribution is -0.150. The molecule has 0 aromatic heterocycles. The Morgan fingerprint density at radius 1 is 1.46 bits per heavy atom. The summed E-state index contributed by atoms with van der Waals surface area (Å²) in [5.41, 5.74) is 0. The number of carbonyl (C=O) groups excluding carboxylic acids is 2. The first-order valence-corrected chi connectivity index (χ1v) is 3.99. The van der Waals surface area contributed by atoms with Crippen molar-refractivity contribution in [1.29, 1.82) is 0 Å². The van der Waals surface area contributed by atoms with Crippen LogP contribution in [0.4, 0.5) is 4.39 Å². The van der Waals surface area contributed by atoms with Crippen LogP contribution in [0, 0.1) is 0 Å². The van der Waals surface area contributed by atoms with Gasteiger partial charge in [0.25, 0.3) is 0 Å². The predicted molar refractivity (Wildman–Crippen MR) is 42.8 cm³/mol. The monoisotopic (exact) mass is 192 g/mol. The van der Waals surface area contributed by atoms with Crippen molar-refractivity contribution in [1.82, 2.24) is 0 Å². The number of rotatable bonds is 5. The van der Waals surface area contributed by atoms with Crippen LogP contribution >= 0.6 is 0 Å². The lowest BCUT2D eigenvalue weighted by Crippen LogP contribution is -2.20. The standard InChI is InChI=1S/C8H13FO4/c1-3-13-8(11)6(9)4-5-7(10)12-2/h6H,3-5H2,1-2H3. The van der Waals surface area contributed by atoms with E-state index in [2.05, 4.69) is 9.47 Å². The number of ether oxygens (including phenoxy) is 2. The van der Waals surface area contributed by atoms with E-state index in [1.807, 2.05) is 0 Å². The van der Waals surface area contributed by atoms with Crippen molar-refractivity contribution < 1.29 is 23.5 Å². The third-order valence-electron chi connectivity index (χ3n) is 1.37. The summed E-state index contributed by atoms with van der Waals surface area (Å²) in [6.45, 7) is 1.72. The molecule has 0 amide bonds. The first-order chi connectivity index (χ1) is 6.11. The Balaban J connectivity index is 3.67. The van der Waals surface area contributed by atoms with Crippen molar-refractivity contribution in [3.8, 4) is 0 Å². The molecule has 0 aliphatic carbocycles. The molecule has 76 valence electrons. The second-order valence-corrected chi connectivity index (χ2v) is 2.33. The molecule has 0 aromatic carbocycles. The van der Waals surface area contributed by atoms with Crippen molar-refractivity contribution in [2.75, 3.05) is 13.7 Å². The zero-order chi connectivity index (χ0) is 10.3. The van der Waals surface area contributed by atoms with Crippen LogP contribution in [-0.2, 0) is 19.1 Å². The van der Waals surface area contributed by atoms with E-state index in [-0.39, 0.29) is 19.4 Å². The van der Waals surface area contributed by atoms with Gasteiger partial charge in [0, 0.05) is 6.42 Å². The van der Waals surface area contributed by atoms with E-state index in [9.17, 15) is 14.0 Å². The van der Waals surface area contributed by atoms with E-state index in [4.69, 9.17) is 0 Å². The molecular formula is C8H13FO4. The van der Waals surface area contributed by atoms with Gasteiger partial charge >= 0.3 is 11.9 Å². The van der Waals surface area contributed by atoms with Gasteiger partial charge in [-0.2, -0.15) is 0 Å². The average Bonchev–Trinajstić information content (AvgIpc) is 2.13. The molecule has 0 heterocycles. The van der Waals surface area contributed by atoms with Crippen molar-refractivity contribution >= 4 is 11.9 Å². The van der Waals surface area contributed by atoms with E-state index in [0.717, 1.165) is 0 Å². The number of hydrogen-bond donors (Lipinski definition) is 0. The molecule has 0 N–H and O–H groups in total. The zero-order valence-electron chi connectivity index (χ0n) is 7.71. The molecule has 1 atom stereocenters. The number of alkyl halides is 1. The van der Waals surface area contributed by atoms with E-state index >= 15 is 0 Å². The quantitative estimate of drug-likeness (QED) is 0.606. The van der Waals surface area contributed by atoms with Crippen LogP contribution in [-0.4, -0.2) is 31.8 Å². The summed E-state index contributed by atoms with van der Waals surface area (Å²) in [4.78, 5) is 21.3. The summed E-state index contributed by atoms with van der Waals surface area (Å²) in [5.74, 6) is -1.46. The Morgan fingerprint density at radius 3 is 2.54 bits per heavy atom. The second kappa shape index (κ2) is 6.39. The fourth-order valence-electron chi connectivity index (χ4n) is 0.697. The summed E-state index contributed by atoms with van der Waals surface area (Å²) in [6.07, 6.45) is -2.04. The van der Waals surface area contributed by atoms with Gasteiger partial charge in [-0.1, -0.05) is 0 Å².